The Morgan fingerprint density at radius 1 is 1.13 bits per heavy atom. The number of benzene rings is 2. The van der Waals surface area contributed by atoms with Crippen molar-refractivity contribution in [3.05, 3.63) is 59.7 Å². The molecule has 2 aromatic carbocycles. The van der Waals surface area contributed by atoms with Crippen LogP contribution in [0.15, 0.2) is 48.5 Å². The molecule has 2 atom stereocenters. The number of anilines is 1. The number of aryl methyl sites for hydroxylation is 1. The molecule has 0 spiro atoms. The SMILES string of the molecule is Cc1ccccc1OCC(O)CN(Cc1ccc(N(C)C)cc1)C1CCS(=O)(=O)C1. The van der Waals surface area contributed by atoms with Gasteiger partial charge < -0.3 is 14.7 Å². The van der Waals surface area contributed by atoms with E-state index in [1.54, 1.807) is 0 Å². The van der Waals surface area contributed by atoms with Crippen LogP contribution >= 0.6 is 0 Å². The molecule has 2 unspecified atom stereocenters. The number of hydrogen-bond acceptors (Lipinski definition) is 6. The van der Waals surface area contributed by atoms with Crippen LogP contribution in [0.2, 0.25) is 0 Å². The Balaban J connectivity index is 1.67. The summed E-state index contributed by atoms with van der Waals surface area (Å²) in [4.78, 5) is 4.12. The first kappa shape index (κ1) is 22.6. The van der Waals surface area contributed by atoms with Crippen molar-refractivity contribution >= 4 is 15.5 Å². The molecule has 1 heterocycles. The lowest BCUT2D eigenvalue weighted by atomic mass is 10.1. The maximum Gasteiger partial charge on any atom is 0.151 e. The lowest BCUT2D eigenvalue weighted by Gasteiger charge is -2.30. The maximum atomic E-state index is 12.0. The zero-order chi connectivity index (χ0) is 21.7. The molecule has 1 N–H and O–H groups in total. The van der Waals surface area contributed by atoms with E-state index in [4.69, 9.17) is 4.74 Å². The molecule has 0 amide bonds. The molecule has 0 saturated carbocycles. The average molecular weight is 433 g/mol. The van der Waals surface area contributed by atoms with Gasteiger partial charge in [0.15, 0.2) is 9.84 Å². The highest BCUT2D eigenvalue weighted by Gasteiger charge is 2.33. The van der Waals surface area contributed by atoms with Crippen LogP contribution in [-0.4, -0.2) is 69.3 Å². The van der Waals surface area contributed by atoms with Gasteiger partial charge in [0.05, 0.1) is 11.5 Å². The van der Waals surface area contributed by atoms with E-state index in [0.717, 1.165) is 22.6 Å². The molecule has 0 radical (unpaired) electrons. The van der Waals surface area contributed by atoms with Crippen LogP contribution < -0.4 is 9.64 Å². The highest BCUT2D eigenvalue weighted by atomic mass is 32.2. The summed E-state index contributed by atoms with van der Waals surface area (Å²) in [6, 6.07) is 15.8. The molecule has 3 rings (SSSR count). The van der Waals surface area contributed by atoms with Crippen molar-refractivity contribution in [3.8, 4) is 5.75 Å². The Morgan fingerprint density at radius 2 is 1.83 bits per heavy atom. The minimum absolute atomic E-state index is 0.0864. The van der Waals surface area contributed by atoms with Gasteiger partial charge in [-0.2, -0.15) is 0 Å². The van der Waals surface area contributed by atoms with E-state index in [1.165, 1.54) is 0 Å². The number of nitrogens with zero attached hydrogens (tertiary/aromatic N) is 2. The standard InChI is InChI=1S/C23H32N2O4S/c1-18-6-4-5-7-23(18)29-16-22(26)15-25(21-12-13-30(27,28)17-21)14-19-8-10-20(11-9-19)24(2)3/h4-11,21-22,26H,12-17H2,1-3H3. The second-order valence-corrected chi connectivity index (χ2v) is 10.5. The van der Waals surface area contributed by atoms with Crippen molar-refractivity contribution in [2.24, 2.45) is 0 Å². The number of para-hydroxylation sites is 1. The molecule has 164 valence electrons. The Kier molecular flexibility index (Phi) is 7.39. The van der Waals surface area contributed by atoms with Gasteiger partial charge in [-0.05, 0) is 42.7 Å². The molecule has 1 aliphatic heterocycles. The summed E-state index contributed by atoms with van der Waals surface area (Å²) in [6.07, 6.45) is -0.113. The van der Waals surface area contributed by atoms with E-state index in [1.807, 2.05) is 50.2 Å². The summed E-state index contributed by atoms with van der Waals surface area (Å²) in [6.45, 7) is 3.09. The Labute approximate surface area is 180 Å². The van der Waals surface area contributed by atoms with Crippen LogP contribution in [0, 0.1) is 6.92 Å². The smallest absolute Gasteiger partial charge is 0.151 e. The number of rotatable bonds is 9. The van der Waals surface area contributed by atoms with Crippen molar-refractivity contribution in [3.63, 3.8) is 0 Å². The van der Waals surface area contributed by atoms with E-state index in [9.17, 15) is 13.5 Å². The van der Waals surface area contributed by atoms with E-state index in [2.05, 4.69) is 29.2 Å². The lowest BCUT2D eigenvalue weighted by Crippen LogP contribution is -2.42. The normalized spacial score (nSPS) is 19.0. The molecule has 1 fully saturated rings. The first-order valence-electron chi connectivity index (χ1n) is 10.3. The van der Waals surface area contributed by atoms with Crippen LogP contribution in [-0.2, 0) is 16.4 Å². The summed E-state index contributed by atoms with van der Waals surface area (Å²) in [7, 11) is 0.982. The molecule has 0 aromatic heterocycles. The molecule has 7 heteroatoms. The number of sulfone groups is 1. The number of hydrogen-bond donors (Lipinski definition) is 1. The van der Waals surface area contributed by atoms with Crippen LogP contribution in [0.4, 0.5) is 5.69 Å². The van der Waals surface area contributed by atoms with Gasteiger partial charge in [0.1, 0.15) is 18.5 Å². The average Bonchev–Trinajstić information content (AvgIpc) is 3.07. The third-order valence-electron chi connectivity index (χ3n) is 5.53. The third-order valence-corrected chi connectivity index (χ3v) is 7.28. The topological polar surface area (TPSA) is 70.1 Å². The Hall–Kier alpha value is -2.09. The zero-order valence-electron chi connectivity index (χ0n) is 18.0. The van der Waals surface area contributed by atoms with Crippen molar-refractivity contribution in [1.29, 1.82) is 0 Å². The maximum absolute atomic E-state index is 12.0. The number of aliphatic hydroxyl groups is 1. The minimum atomic E-state index is -3.01. The Morgan fingerprint density at radius 3 is 2.43 bits per heavy atom. The predicted octanol–water partition coefficient (Wildman–Crippen LogP) is 2.49. The second kappa shape index (κ2) is 9.81. The molecule has 0 aliphatic carbocycles. The molecule has 2 aromatic rings. The van der Waals surface area contributed by atoms with Crippen molar-refractivity contribution in [2.75, 3.05) is 43.7 Å². The van der Waals surface area contributed by atoms with Crippen LogP contribution in [0.3, 0.4) is 0 Å². The Bertz CT molecular complexity index is 928. The third kappa shape index (κ3) is 6.20. The predicted molar refractivity (Wildman–Crippen MR) is 121 cm³/mol. The molecular formula is C23H32N2O4S. The van der Waals surface area contributed by atoms with Gasteiger partial charge in [0.25, 0.3) is 0 Å². The van der Waals surface area contributed by atoms with Gasteiger partial charge in [-0.25, -0.2) is 8.42 Å². The van der Waals surface area contributed by atoms with Crippen LogP contribution in [0.5, 0.6) is 5.75 Å². The first-order valence-corrected chi connectivity index (χ1v) is 12.1. The van der Waals surface area contributed by atoms with Crippen LogP contribution in [0.25, 0.3) is 0 Å². The van der Waals surface area contributed by atoms with Gasteiger partial charge in [0, 0.05) is 38.9 Å². The molecule has 1 saturated heterocycles. The monoisotopic (exact) mass is 432 g/mol. The number of ether oxygens (including phenoxy) is 1. The zero-order valence-corrected chi connectivity index (χ0v) is 18.8. The quantitative estimate of drug-likeness (QED) is 0.657. The van der Waals surface area contributed by atoms with Crippen LogP contribution in [0.1, 0.15) is 17.5 Å². The van der Waals surface area contributed by atoms with Gasteiger partial charge in [-0.1, -0.05) is 30.3 Å². The highest BCUT2D eigenvalue weighted by molar-refractivity contribution is 7.91. The van der Waals surface area contributed by atoms with E-state index >= 15 is 0 Å². The lowest BCUT2D eigenvalue weighted by molar-refractivity contribution is 0.0523. The van der Waals surface area contributed by atoms with Gasteiger partial charge in [-0.15, -0.1) is 0 Å². The fourth-order valence-corrected chi connectivity index (χ4v) is 5.53. The van der Waals surface area contributed by atoms with E-state index in [-0.39, 0.29) is 24.2 Å². The van der Waals surface area contributed by atoms with Crippen molar-refractivity contribution < 1.29 is 18.3 Å². The fourth-order valence-electron chi connectivity index (χ4n) is 3.77. The summed E-state index contributed by atoms with van der Waals surface area (Å²) < 4.78 is 29.9. The van der Waals surface area contributed by atoms with E-state index < -0.39 is 15.9 Å². The largest absolute Gasteiger partial charge is 0.491 e. The molecule has 0 bridgehead atoms. The highest BCUT2D eigenvalue weighted by Crippen LogP contribution is 2.22. The van der Waals surface area contributed by atoms with Crippen molar-refractivity contribution in [1.82, 2.24) is 4.90 Å². The fraction of sp³-hybridized carbons (Fsp3) is 0.478. The van der Waals surface area contributed by atoms with Gasteiger partial charge in [0.2, 0.25) is 0 Å². The van der Waals surface area contributed by atoms with Crippen molar-refractivity contribution in [2.45, 2.75) is 32.0 Å². The van der Waals surface area contributed by atoms with E-state index in [0.29, 0.717) is 19.5 Å². The first-order chi connectivity index (χ1) is 14.2. The number of aliphatic hydroxyl groups excluding tert-OH is 1. The molecular weight excluding hydrogens is 400 g/mol. The van der Waals surface area contributed by atoms with Gasteiger partial charge in [-0.3, -0.25) is 4.90 Å². The minimum Gasteiger partial charge on any atom is -0.491 e. The summed E-state index contributed by atoms with van der Waals surface area (Å²) in [5, 5.41) is 10.6. The second-order valence-electron chi connectivity index (χ2n) is 8.28. The summed E-state index contributed by atoms with van der Waals surface area (Å²) in [5.41, 5.74) is 3.22. The molecule has 1 aliphatic rings. The molecule has 30 heavy (non-hydrogen) atoms. The van der Waals surface area contributed by atoms with Gasteiger partial charge >= 0.3 is 0 Å². The molecule has 6 nitrogen and oxygen atoms in total. The summed E-state index contributed by atoms with van der Waals surface area (Å²) >= 11 is 0. The summed E-state index contributed by atoms with van der Waals surface area (Å²) in [5.74, 6) is 1.11.